The number of rotatable bonds is 40. The standard InChI is InChI=1S/C43H86O2/c1-3-5-7-9-11-13-15-17-19-21-23-25-27-29-31-33-35-37-39-41-42(43(44)45)40-38-36-34-32-30-28-26-24-22-20-18-16-14-12-10-8-6-4-2/h42H,3-41H2,1-2H3,(H,44,45). The molecule has 270 valence electrons. The fourth-order valence-corrected chi connectivity index (χ4v) is 7.15. The number of hydrogen-bond donors (Lipinski definition) is 1. The highest BCUT2D eigenvalue weighted by molar-refractivity contribution is 5.69. The van der Waals surface area contributed by atoms with Crippen molar-refractivity contribution in [1.82, 2.24) is 0 Å². The molecule has 0 saturated carbocycles. The third-order valence-electron chi connectivity index (χ3n) is 10.4. The van der Waals surface area contributed by atoms with Gasteiger partial charge < -0.3 is 5.11 Å². The van der Waals surface area contributed by atoms with Crippen LogP contribution in [0, 0.1) is 5.92 Å². The lowest BCUT2D eigenvalue weighted by atomic mass is 9.94. The first kappa shape index (κ1) is 44.5. The Bertz CT molecular complexity index is 544. The Hall–Kier alpha value is -0.530. The van der Waals surface area contributed by atoms with E-state index >= 15 is 0 Å². The van der Waals surface area contributed by atoms with Crippen LogP contribution in [0.15, 0.2) is 0 Å². The molecule has 0 amide bonds. The van der Waals surface area contributed by atoms with Gasteiger partial charge in [-0.3, -0.25) is 4.79 Å². The lowest BCUT2D eigenvalue weighted by Crippen LogP contribution is -2.13. The second kappa shape index (κ2) is 39.6. The molecule has 0 fully saturated rings. The zero-order valence-electron chi connectivity index (χ0n) is 31.5. The average Bonchev–Trinajstić information content (AvgIpc) is 3.04. The number of carboxylic acid groups (broad SMARTS) is 1. The molecule has 0 aliphatic rings. The van der Waals surface area contributed by atoms with Crippen LogP contribution in [0.3, 0.4) is 0 Å². The minimum atomic E-state index is -0.551. The van der Waals surface area contributed by atoms with Crippen molar-refractivity contribution in [3.63, 3.8) is 0 Å². The molecule has 0 saturated heterocycles. The maximum absolute atomic E-state index is 11.7. The van der Waals surface area contributed by atoms with Gasteiger partial charge in [0.05, 0.1) is 5.92 Å². The Labute approximate surface area is 285 Å². The Morgan fingerprint density at radius 1 is 0.311 bits per heavy atom. The summed E-state index contributed by atoms with van der Waals surface area (Å²) in [7, 11) is 0. The van der Waals surface area contributed by atoms with Gasteiger partial charge in [0.1, 0.15) is 0 Å². The number of carboxylic acids is 1. The zero-order valence-corrected chi connectivity index (χ0v) is 31.5. The molecule has 0 aromatic carbocycles. The average molecular weight is 635 g/mol. The van der Waals surface area contributed by atoms with Gasteiger partial charge in [0.25, 0.3) is 0 Å². The molecule has 45 heavy (non-hydrogen) atoms. The maximum Gasteiger partial charge on any atom is 0.306 e. The lowest BCUT2D eigenvalue weighted by Gasteiger charge is -2.12. The Balaban J connectivity index is 3.35. The van der Waals surface area contributed by atoms with Gasteiger partial charge in [-0.2, -0.15) is 0 Å². The highest BCUT2D eigenvalue weighted by atomic mass is 16.4. The van der Waals surface area contributed by atoms with Crippen LogP contribution in [0.5, 0.6) is 0 Å². The minimum Gasteiger partial charge on any atom is -0.481 e. The molecular weight excluding hydrogens is 548 g/mol. The maximum atomic E-state index is 11.7. The topological polar surface area (TPSA) is 37.3 Å². The molecule has 1 unspecified atom stereocenters. The number of aliphatic carboxylic acids is 1. The molecule has 0 aromatic rings. The molecule has 0 heterocycles. The monoisotopic (exact) mass is 635 g/mol. The molecule has 0 aliphatic carbocycles. The van der Waals surface area contributed by atoms with Gasteiger partial charge in [-0.15, -0.1) is 0 Å². The van der Waals surface area contributed by atoms with Crippen molar-refractivity contribution in [2.45, 2.75) is 264 Å². The first-order chi connectivity index (χ1) is 22.2. The largest absolute Gasteiger partial charge is 0.481 e. The molecule has 0 aliphatic heterocycles. The van der Waals surface area contributed by atoms with Crippen molar-refractivity contribution in [2.75, 3.05) is 0 Å². The molecule has 0 aromatic heterocycles. The van der Waals surface area contributed by atoms with Crippen LogP contribution >= 0.6 is 0 Å². The van der Waals surface area contributed by atoms with E-state index in [4.69, 9.17) is 0 Å². The molecule has 1 atom stereocenters. The number of hydrogen-bond acceptors (Lipinski definition) is 1. The van der Waals surface area contributed by atoms with Crippen LogP contribution in [0.25, 0.3) is 0 Å². The van der Waals surface area contributed by atoms with Crippen molar-refractivity contribution in [2.24, 2.45) is 5.92 Å². The highest BCUT2D eigenvalue weighted by Crippen LogP contribution is 2.21. The molecule has 0 spiro atoms. The molecule has 0 bridgehead atoms. The number of unbranched alkanes of at least 4 members (excludes halogenated alkanes) is 35. The quantitative estimate of drug-likeness (QED) is 0.0681. The van der Waals surface area contributed by atoms with Gasteiger partial charge in [0, 0.05) is 0 Å². The molecule has 0 rings (SSSR count). The molecule has 2 nitrogen and oxygen atoms in total. The van der Waals surface area contributed by atoms with E-state index in [0.717, 1.165) is 25.7 Å². The van der Waals surface area contributed by atoms with E-state index in [-0.39, 0.29) is 5.92 Å². The summed E-state index contributed by atoms with van der Waals surface area (Å²) in [6, 6.07) is 0. The van der Waals surface area contributed by atoms with Gasteiger partial charge in [-0.05, 0) is 12.8 Å². The summed E-state index contributed by atoms with van der Waals surface area (Å²) >= 11 is 0. The van der Waals surface area contributed by atoms with E-state index in [1.165, 1.54) is 225 Å². The van der Waals surface area contributed by atoms with Crippen LogP contribution in [0.2, 0.25) is 0 Å². The first-order valence-electron chi connectivity index (χ1n) is 21.4. The molecule has 0 radical (unpaired) electrons. The first-order valence-corrected chi connectivity index (χ1v) is 21.4. The van der Waals surface area contributed by atoms with E-state index in [9.17, 15) is 9.90 Å². The fraction of sp³-hybridized carbons (Fsp3) is 0.977. The number of carbonyl (C=O) groups is 1. The van der Waals surface area contributed by atoms with Crippen molar-refractivity contribution >= 4 is 5.97 Å². The lowest BCUT2D eigenvalue weighted by molar-refractivity contribution is -0.142. The predicted octanol–water partition coefficient (Wildman–Crippen LogP) is 15.9. The second-order valence-electron chi connectivity index (χ2n) is 15.0. The second-order valence-corrected chi connectivity index (χ2v) is 15.0. The Kier molecular flexibility index (Phi) is 39.2. The third-order valence-corrected chi connectivity index (χ3v) is 10.4. The summed E-state index contributed by atoms with van der Waals surface area (Å²) in [5.41, 5.74) is 0. The van der Waals surface area contributed by atoms with Crippen molar-refractivity contribution in [1.29, 1.82) is 0 Å². The van der Waals surface area contributed by atoms with E-state index in [2.05, 4.69) is 13.8 Å². The minimum absolute atomic E-state index is 0.100. The summed E-state index contributed by atoms with van der Waals surface area (Å²) in [5.74, 6) is -0.652. The van der Waals surface area contributed by atoms with E-state index in [0.29, 0.717) is 0 Å². The van der Waals surface area contributed by atoms with E-state index < -0.39 is 5.97 Å². The summed E-state index contributed by atoms with van der Waals surface area (Å²) in [6.45, 7) is 4.59. The van der Waals surface area contributed by atoms with Crippen molar-refractivity contribution in [3.05, 3.63) is 0 Å². The Morgan fingerprint density at radius 2 is 0.467 bits per heavy atom. The highest BCUT2D eigenvalue weighted by Gasteiger charge is 2.16. The summed E-state index contributed by atoms with van der Waals surface area (Å²) < 4.78 is 0. The summed E-state index contributed by atoms with van der Waals surface area (Å²) in [6.07, 6.45) is 53.2. The van der Waals surface area contributed by atoms with Gasteiger partial charge in [0.15, 0.2) is 0 Å². The van der Waals surface area contributed by atoms with Crippen LogP contribution < -0.4 is 0 Å². The van der Waals surface area contributed by atoms with Gasteiger partial charge >= 0.3 is 5.97 Å². The summed E-state index contributed by atoms with van der Waals surface area (Å²) in [5, 5.41) is 9.67. The smallest absolute Gasteiger partial charge is 0.306 e. The van der Waals surface area contributed by atoms with Gasteiger partial charge in [-0.25, -0.2) is 0 Å². The van der Waals surface area contributed by atoms with Crippen molar-refractivity contribution in [3.8, 4) is 0 Å². The van der Waals surface area contributed by atoms with Crippen molar-refractivity contribution < 1.29 is 9.90 Å². The third kappa shape index (κ3) is 37.8. The predicted molar refractivity (Wildman–Crippen MR) is 203 cm³/mol. The molecular formula is C43H86O2. The Morgan fingerprint density at radius 3 is 0.622 bits per heavy atom. The van der Waals surface area contributed by atoms with Gasteiger partial charge in [-0.1, -0.05) is 251 Å². The fourth-order valence-electron chi connectivity index (χ4n) is 7.15. The molecule has 1 N–H and O–H groups in total. The van der Waals surface area contributed by atoms with Crippen LogP contribution in [0.1, 0.15) is 264 Å². The van der Waals surface area contributed by atoms with Gasteiger partial charge in [0.2, 0.25) is 0 Å². The van der Waals surface area contributed by atoms with E-state index in [1.807, 2.05) is 0 Å². The zero-order chi connectivity index (χ0) is 32.7. The summed E-state index contributed by atoms with van der Waals surface area (Å²) in [4.78, 5) is 11.7. The van der Waals surface area contributed by atoms with E-state index in [1.54, 1.807) is 0 Å². The van der Waals surface area contributed by atoms with Crippen LogP contribution in [-0.2, 0) is 4.79 Å². The molecule has 2 heteroatoms. The SMILES string of the molecule is CCCCCCCCCCCCCCCCCCCCCC(CCCCCCCCCCCCCCCCCCCC)C(=O)O. The van der Waals surface area contributed by atoms with Crippen LogP contribution in [-0.4, -0.2) is 11.1 Å². The van der Waals surface area contributed by atoms with Crippen LogP contribution in [0.4, 0.5) is 0 Å². The normalized spacial score (nSPS) is 12.2.